The van der Waals surface area contributed by atoms with Gasteiger partial charge >= 0.3 is 0 Å². The molecule has 4 heterocycles. The van der Waals surface area contributed by atoms with E-state index in [0.29, 0.717) is 12.0 Å². The lowest BCUT2D eigenvalue weighted by Crippen LogP contribution is -2.85. The Morgan fingerprint density at radius 3 is 2.79 bits per heavy atom. The van der Waals surface area contributed by atoms with Gasteiger partial charge in [-0.3, -0.25) is 19.0 Å². The molecule has 3 aliphatic carbocycles. The van der Waals surface area contributed by atoms with E-state index in [2.05, 4.69) is 51.3 Å². The fourth-order valence-corrected chi connectivity index (χ4v) is 8.99. The molecule has 38 heavy (non-hydrogen) atoms. The Hall–Kier alpha value is -2.97. The minimum Gasteiger partial charge on any atom is -0.380 e. The number of nitrogens with two attached hydrogens (primary N) is 1. The summed E-state index contributed by atoms with van der Waals surface area (Å²) in [5, 5.41) is 4.73. The maximum absolute atomic E-state index is 16.3. The first kappa shape index (κ1) is 23.0. The van der Waals surface area contributed by atoms with E-state index in [1.807, 2.05) is 6.07 Å². The lowest BCUT2D eigenvalue weighted by atomic mass is 9.29. The Morgan fingerprint density at radius 2 is 2.03 bits per heavy atom. The average Bonchev–Trinajstić information content (AvgIpc) is 3.17. The Balaban J connectivity index is 1.24. The molecule has 1 aromatic heterocycles. The lowest BCUT2D eigenvalue weighted by Gasteiger charge is -2.81. The molecule has 1 saturated heterocycles. The summed E-state index contributed by atoms with van der Waals surface area (Å²) in [6, 6.07) is 12.3. The number of nitrogens with one attached hydrogen (secondary N) is 2. The number of fused-ring (bicyclic) bond motifs is 7. The van der Waals surface area contributed by atoms with Crippen LogP contribution in [-0.4, -0.2) is 64.6 Å². The fraction of sp³-hybridized carbons (Fsp3) is 0.500. The number of hydrogen-bond acceptors (Lipinski definition) is 4. The van der Waals surface area contributed by atoms with E-state index in [1.165, 1.54) is 10.9 Å². The van der Waals surface area contributed by atoms with Gasteiger partial charge in [-0.2, -0.15) is 0 Å². The number of likely N-dealkylation sites (tertiary alicyclic amines) is 1. The molecule has 2 bridgehead atoms. The van der Waals surface area contributed by atoms with E-state index in [1.54, 1.807) is 6.07 Å². The number of amides is 1. The molecule has 3 aromatic rings. The van der Waals surface area contributed by atoms with Crippen LogP contribution in [0.4, 0.5) is 14.5 Å². The van der Waals surface area contributed by atoms with Crippen molar-refractivity contribution in [2.24, 2.45) is 11.1 Å². The summed E-state index contributed by atoms with van der Waals surface area (Å²) in [6.07, 6.45) is 2.94. The average molecular weight is 518 g/mol. The Labute approximate surface area is 220 Å². The van der Waals surface area contributed by atoms with Crippen molar-refractivity contribution in [3.63, 3.8) is 0 Å². The van der Waals surface area contributed by atoms with Gasteiger partial charge in [0.05, 0.1) is 24.2 Å². The number of carbonyl (C=O) groups is 1. The van der Waals surface area contributed by atoms with Gasteiger partial charge in [-0.05, 0) is 61.9 Å². The molecule has 3 saturated carbocycles. The molecule has 4 fully saturated rings. The molecule has 1 amide bonds. The van der Waals surface area contributed by atoms with Crippen LogP contribution >= 0.6 is 0 Å². The zero-order chi connectivity index (χ0) is 26.0. The van der Waals surface area contributed by atoms with Gasteiger partial charge in [0.1, 0.15) is 5.82 Å². The third-order valence-corrected chi connectivity index (χ3v) is 10.4. The van der Waals surface area contributed by atoms with Crippen molar-refractivity contribution in [1.82, 2.24) is 14.8 Å². The number of nitrogens with zero attached hydrogens (tertiary/aromatic N) is 2. The quantitative estimate of drug-likeness (QED) is 0.458. The van der Waals surface area contributed by atoms with E-state index < -0.39 is 5.41 Å². The molecule has 1 spiro atoms. The molecule has 6 nitrogen and oxygen atoms in total. The first-order valence-corrected chi connectivity index (χ1v) is 13.9. The highest BCUT2D eigenvalue weighted by Gasteiger charge is 2.83. The maximum atomic E-state index is 16.3. The van der Waals surface area contributed by atoms with Crippen LogP contribution in [0.1, 0.15) is 60.5 Å². The van der Waals surface area contributed by atoms with Crippen molar-refractivity contribution >= 4 is 22.5 Å². The van der Waals surface area contributed by atoms with Gasteiger partial charge in [0.25, 0.3) is 0 Å². The second kappa shape index (κ2) is 7.57. The third-order valence-electron chi connectivity index (χ3n) is 10.4. The summed E-state index contributed by atoms with van der Waals surface area (Å²) in [5.74, 6) is -0.565. The van der Waals surface area contributed by atoms with Gasteiger partial charge in [0.15, 0.2) is 0 Å². The largest absolute Gasteiger partial charge is 0.380 e. The van der Waals surface area contributed by atoms with Crippen molar-refractivity contribution in [3.05, 3.63) is 64.6 Å². The normalized spacial score (nSPS) is 33.3. The van der Waals surface area contributed by atoms with Gasteiger partial charge in [-0.25, -0.2) is 4.39 Å². The van der Waals surface area contributed by atoms with Crippen molar-refractivity contribution in [3.8, 4) is 0 Å². The highest BCUT2D eigenvalue weighted by Crippen LogP contribution is 2.81. The Kier molecular flexibility index (Phi) is 4.57. The maximum Gasteiger partial charge on any atom is 0.224 e. The zero-order valence-electron chi connectivity index (χ0n) is 21.6. The number of aromatic amines is 1. The van der Waals surface area contributed by atoms with Gasteiger partial charge in [-0.15, -0.1) is 0 Å². The van der Waals surface area contributed by atoms with Crippen LogP contribution in [0.25, 0.3) is 10.9 Å². The molecule has 3 aliphatic heterocycles. The minimum atomic E-state index is -0.579. The lowest BCUT2D eigenvalue weighted by molar-refractivity contribution is -0.261. The zero-order valence-corrected chi connectivity index (χ0v) is 21.6. The Morgan fingerprint density at radius 1 is 1.24 bits per heavy atom. The first-order chi connectivity index (χ1) is 18.4. The molecule has 2 aromatic carbocycles. The molecular formula is C30H33F2N5O. The smallest absolute Gasteiger partial charge is 0.224 e. The molecule has 6 aliphatic rings. The monoisotopic (exact) mass is 517 g/mol. The number of benzene rings is 2. The van der Waals surface area contributed by atoms with Crippen molar-refractivity contribution in [2.45, 2.75) is 62.2 Å². The summed E-state index contributed by atoms with van der Waals surface area (Å²) in [6.45, 7) is 4.34. The van der Waals surface area contributed by atoms with E-state index in [9.17, 15) is 9.18 Å². The number of primary amides is 1. The number of rotatable bonds is 6. The van der Waals surface area contributed by atoms with Crippen LogP contribution in [0.2, 0.25) is 0 Å². The molecule has 4 N–H and O–H groups in total. The highest BCUT2D eigenvalue weighted by molar-refractivity contribution is 5.90. The minimum absolute atomic E-state index is 0.0779. The predicted octanol–water partition coefficient (Wildman–Crippen LogP) is 4.21. The highest BCUT2D eigenvalue weighted by atomic mass is 19.1. The van der Waals surface area contributed by atoms with Crippen LogP contribution in [0.5, 0.6) is 0 Å². The number of aromatic nitrogens is 1. The van der Waals surface area contributed by atoms with E-state index in [4.69, 9.17) is 5.73 Å². The van der Waals surface area contributed by atoms with Crippen LogP contribution in [-0.2, 0) is 11.2 Å². The van der Waals surface area contributed by atoms with Crippen LogP contribution in [0.15, 0.2) is 36.4 Å². The first-order valence-electron chi connectivity index (χ1n) is 13.9. The SMILES string of the molecule is C[C@@H]1Cc2c([nH]c3ccccc23)[C@H]2c3c(F)cc(NC4CN(CCCF)C4)cc3C3C4(C(N)=O)CC3(C4)N21. The molecule has 1 unspecified atom stereocenters. The standard InChI is InChI=1S/C30H33F2N5O/c1-16-9-20-19-5-2-3-6-23(19)35-25(20)26-24-21(27-29(28(33)38)14-30(27,15-29)37(16)26)10-17(11-22(24)32)34-18-12-36(13-18)8-4-7-31/h2-3,5-6,10-11,16,18,26-27,34-35H,4,7-9,12-15H2,1H3,(H2,33,38)/t16-,26-,27?,29?,30?/m1/s1. The van der Waals surface area contributed by atoms with Gasteiger partial charge in [-0.1, -0.05) is 18.2 Å². The number of alkyl halides is 1. The molecule has 198 valence electrons. The number of hydrogen-bond donors (Lipinski definition) is 3. The topological polar surface area (TPSA) is 77.4 Å². The molecule has 3 atom stereocenters. The van der Waals surface area contributed by atoms with E-state index in [0.717, 1.165) is 61.4 Å². The number of anilines is 1. The number of para-hydroxylation sites is 1. The van der Waals surface area contributed by atoms with E-state index >= 15 is 4.39 Å². The third kappa shape index (κ3) is 2.70. The van der Waals surface area contributed by atoms with E-state index in [-0.39, 0.29) is 48.0 Å². The molecule has 9 rings (SSSR count). The van der Waals surface area contributed by atoms with Gasteiger partial charge in [0, 0.05) is 65.0 Å². The summed E-state index contributed by atoms with van der Waals surface area (Å²) < 4.78 is 28.9. The van der Waals surface area contributed by atoms with Crippen molar-refractivity contribution in [2.75, 3.05) is 31.6 Å². The molecular weight excluding hydrogens is 484 g/mol. The van der Waals surface area contributed by atoms with Crippen LogP contribution in [0, 0.1) is 11.2 Å². The summed E-state index contributed by atoms with van der Waals surface area (Å²) in [4.78, 5) is 21.1. The molecule has 0 radical (unpaired) electrons. The summed E-state index contributed by atoms with van der Waals surface area (Å²) >= 11 is 0. The summed E-state index contributed by atoms with van der Waals surface area (Å²) in [5.41, 5.74) is 11.1. The fourth-order valence-electron chi connectivity index (χ4n) is 8.99. The number of H-pyrrole nitrogens is 1. The number of carbonyl (C=O) groups excluding carboxylic acids is 1. The number of halogens is 2. The predicted molar refractivity (Wildman–Crippen MR) is 142 cm³/mol. The van der Waals surface area contributed by atoms with Crippen LogP contribution in [0.3, 0.4) is 0 Å². The summed E-state index contributed by atoms with van der Waals surface area (Å²) in [7, 11) is 0. The second-order valence-electron chi connectivity index (χ2n) is 12.4. The van der Waals surface area contributed by atoms with Gasteiger partial charge in [0.2, 0.25) is 5.91 Å². The van der Waals surface area contributed by atoms with Crippen LogP contribution < -0.4 is 11.1 Å². The van der Waals surface area contributed by atoms with Crippen molar-refractivity contribution in [1.29, 1.82) is 0 Å². The van der Waals surface area contributed by atoms with Crippen molar-refractivity contribution < 1.29 is 13.6 Å². The molecule has 8 heteroatoms. The second-order valence-corrected chi connectivity index (χ2v) is 12.4. The Bertz CT molecular complexity index is 1490. The van der Waals surface area contributed by atoms with Gasteiger partial charge < -0.3 is 16.0 Å².